The zero-order chi connectivity index (χ0) is 26.4. The van der Waals surface area contributed by atoms with Crippen molar-refractivity contribution in [3.8, 4) is 11.8 Å². The third kappa shape index (κ3) is 4.10. The van der Waals surface area contributed by atoms with Gasteiger partial charge in [0.15, 0.2) is 5.75 Å². The zero-order valence-electron chi connectivity index (χ0n) is 21.9. The molecule has 1 N–H and O–H groups in total. The third-order valence-electron chi connectivity index (χ3n) is 8.88. The average Bonchev–Trinajstić information content (AvgIpc) is 3.65. The number of ether oxygens (including phenoxy) is 1. The molecule has 0 radical (unpaired) electrons. The molecule has 2 bridgehead atoms. The molecule has 3 aliphatic rings. The van der Waals surface area contributed by atoms with Crippen LogP contribution in [0.15, 0.2) is 36.7 Å². The Bertz CT molecular complexity index is 1430. The Hall–Kier alpha value is -3.86. The second-order valence-corrected chi connectivity index (χ2v) is 11.1. The summed E-state index contributed by atoms with van der Waals surface area (Å²) in [5.74, 6) is 1.98. The molecule has 2 aromatic heterocycles. The number of piperidine rings is 1. The SMILES string of the molecule is COc1c(NC(=O)c2cccc(C#N)c2)cnc2c1c([C@@H]1C3CC[C@H]1CN(C(=O)C1CCCC1)C3)cn2C. The van der Waals surface area contributed by atoms with E-state index in [1.165, 1.54) is 18.4 Å². The van der Waals surface area contributed by atoms with Crippen LogP contribution >= 0.6 is 0 Å². The second-order valence-electron chi connectivity index (χ2n) is 11.1. The molecule has 0 spiro atoms. The van der Waals surface area contributed by atoms with Gasteiger partial charge in [-0.05, 0) is 67.2 Å². The molecule has 8 heteroatoms. The van der Waals surface area contributed by atoms with Crippen molar-refractivity contribution in [1.29, 1.82) is 5.26 Å². The van der Waals surface area contributed by atoms with Crippen molar-refractivity contribution in [3.63, 3.8) is 0 Å². The highest BCUT2D eigenvalue weighted by molar-refractivity contribution is 6.07. The van der Waals surface area contributed by atoms with E-state index in [4.69, 9.17) is 9.72 Å². The van der Waals surface area contributed by atoms with Crippen LogP contribution in [0.5, 0.6) is 5.75 Å². The van der Waals surface area contributed by atoms with E-state index < -0.39 is 0 Å². The van der Waals surface area contributed by atoms with Gasteiger partial charge in [-0.2, -0.15) is 5.26 Å². The lowest BCUT2D eigenvalue weighted by atomic mass is 9.79. The second kappa shape index (κ2) is 9.79. The van der Waals surface area contributed by atoms with Crippen LogP contribution in [-0.2, 0) is 11.8 Å². The molecule has 6 rings (SSSR count). The minimum atomic E-state index is -0.321. The van der Waals surface area contributed by atoms with Crippen molar-refractivity contribution in [2.45, 2.75) is 44.4 Å². The van der Waals surface area contributed by atoms with Gasteiger partial charge in [-0.15, -0.1) is 0 Å². The maximum atomic E-state index is 13.2. The first-order chi connectivity index (χ1) is 18.5. The Kier molecular flexibility index (Phi) is 6.30. The summed E-state index contributed by atoms with van der Waals surface area (Å²) >= 11 is 0. The molecule has 38 heavy (non-hydrogen) atoms. The first-order valence-corrected chi connectivity index (χ1v) is 13.6. The fourth-order valence-corrected chi connectivity index (χ4v) is 7.17. The summed E-state index contributed by atoms with van der Waals surface area (Å²) < 4.78 is 7.95. The molecule has 1 aromatic carbocycles. The van der Waals surface area contributed by atoms with Gasteiger partial charge in [-0.3, -0.25) is 9.59 Å². The fourth-order valence-electron chi connectivity index (χ4n) is 7.17. The highest BCUT2D eigenvalue weighted by Gasteiger charge is 2.46. The number of carbonyl (C=O) groups is 2. The van der Waals surface area contributed by atoms with Crippen LogP contribution in [0.2, 0.25) is 0 Å². The van der Waals surface area contributed by atoms with E-state index in [1.54, 1.807) is 37.6 Å². The van der Waals surface area contributed by atoms with Gasteiger partial charge in [-0.25, -0.2) is 4.98 Å². The van der Waals surface area contributed by atoms with Crippen molar-refractivity contribution in [3.05, 3.63) is 53.3 Å². The van der Waals surface area contributed by atoms with Crippen LogP contribution in [0.1, 0.15) is 65.9 Å². The minimum Gasteiger partial charge on any atom is -0.494 e. The summed E-state index contributed by atoms with van der Waals surface area (Å²) in [5.41, 5.74) is 3.33. The number of hydrogen-bond donors (Lipinski definition) is 1. The maximum absolute atomic E-state index is 13.2. The number of fused-ring (bicyclic) bond motifs is 3. The van der Waals surface area contributed by atoms with E-state index in [-0.39, 0.29) is 11.8 Å². The summed E-state index contributed by atoms with van der Waals surface area (Å²) in [6.45, 7) is 1.63. The van der Waals surface area contributed by atoms with Gasteiger partial charge in [0, 0.05) is 37.8 Å². The molecule has 1 unspecified atom stereocenters. The number of pyridine rings is 1. The smallest absolute Gasteiger partial charge is 0.255 e. The molecular weight excluding hydrogens is 478 g/mol. The zero-order valence-corrected chi connectivity index (χ0v) is 21.9. The number of likely N-dealkylation sites (tertiary alicyclic amines) is 1. The topological polar surface area (TPSA) is 100 Å². The van der Waals surface area contributed by atoms with Gasteiger partial charge in [0.05, 0.1) is 30.3 Å². The molecule has 2 saturated carbocycles. The van der Waals surface area contributed by atoms with Crippen LogP contribution < -0.4 is 10.1 Å². The highest BCUT2D eigenvalue weighted by atomic mass is 16.5. The fraction of sp³-hybridized carbons (Fsp3) is 0.467. The first kappa shape index (κ1) is 24.5. The molecule has 1 aliphatic heterocycles. The standard InChI is InChI=1S/C30H33N5O3/c1-34-17-23(25-21-10-11-22(25)16-35(15-21)30(37)19-7-3-4-8-19)26-27(38-2)24(14-32-28(26)34)33-29(36)20-9-5-6-18(12-20)13-31/h5-6,9,12,14,17,19,21-22,25H,3-4,7-8,10-11,15-16H2,1-2H3,(H,33,36)/t21-,22?,25-/m0/s1. The van der Waals surface area contributed by atoms with Crippen molar-refractivity contribution in [2.24, 2.45) is 24.8 Å². The van der Waals surface area contributed by atoms with E-state index in [0.717, 1.165) is 49.8 Å². The number of methoxy groups -OCH3 is 1. The van der Waals surface area contributed by atoms with Crippen LogP contribution in [0.25, 0.3) is 11.0 Å². The Morgan fingerprint density at radius 3 is 2.55 bits per heavy atom. The molecule has 3 fully saturated rings. The number of nitrogens with one attached hydrogen (secondary N) is 1. The molecule has 8 nitrogen and oxygen atoms in total. The molecule has 196 valence electrons. The van der Waals surface area contributed by atoms with E-state index in [1.807, 2.05) is 11.6 Å². The molecular formula is C30H33N5O3. The van der Waals surface area contributed by atoms with Gasteiger partial charge < -0.3 is 19.5 Å². The summed E-state index contributed by atoms with van der Waals surface area (Å²) in [4.78, 5) is 33.1. The van der Waals surface area contributed by atoms with Crippen molar-refractivity contribution < 1.29 is 14.3 Å². The molecule has 3 heterocycles. The van der Waals surface area contributed by atoms with Crippen LogP contribution in [-0.4, -0.2) is 46.5 Å². The van der Waals surface area contributed by atoms with Crippen molar-refractivity contribution >= 4 is 28.5 Å². The number of aryl methyl sites for hydroxylation is 1. The van der Waals surface area contributed by atoms with Crippen LogP contribution in [0.3, 0.4) is 0 Å². The summed E-state index contributed by atoms with van der Waals surface area (Å²) in [5, 5.41) is 13.1. The lowest BCUT2D eigenvalue weighted by Gasteiger charge is -2.39. The van der Waals surface area contributed by atoms with Gasteiger partial charge in [0.2, 0.25) is 5.91 Å². The van der Waals surface area contributed by atoms with Crippen LogP contribution in [0.4, 0.5) is 5.69 Å². The average molecular weight is 512 g/mol. The van der Waals surface area contributed by atoms with E-state index in [9.17, 15) is 14.9 Å². The minimum absolute atomic E-state index is 0.216. The largest absolute Gasteiger partial charge is 0.494 e. The number of carbonyl (C=O) groups excluding carboxylic acids is 2. The monoisotopic (exact) mass is 511 g/mol. The van der Waals surface area contributed by atoms with Gasteiger partial charge >= 0.3 is 0 Å². The Balaban J connectivity index is 1.32. The van der Waals surface area contributed by atoms with Crippen molar-refractivity contribution in [1.82, 2.24) is 14.5 Å². The van der Waals surface area contributed by atoms with Crippen LogP contribution in [0, 0.1) is 29.1 Å². The first-order valence-electron chi connectivity index (χ1n) is 13.6. The van der Waals surface area contributed by atoms with E-state index in [2.05, 4.69) is 22.5 Å². The molecule has 2 amide bonds. The Morgan fingerprint density at radius 2 is 1.87 bits per heavy atom. The molecule has 3 atom stereocenters. The third-order valence-corrected chi connectivity index (χ3v) is 8.88. The van der Waals surface area contributed by atoms with Gasteiger partial charge in [-0.1, -0.05) is 18.9 Å². The lowest BCUT2D eigenvalue weighted by Crippen LogP contribution is -2.46. The number of nitrogens with zero attached hydrogens (tertiary/aromatic N) is 4. The number of hydrogen-bond acceptors (Lipinski definition) is 5. The molecule has 1 saturated heterocycles. The number of amides is 2. The summed E-state index contributed by atoms with van der Waals surface area (Å²) in [6, 6.07) is 8.69. The quantitative estimate of drug-likeness (QED) is 0.528. The predicted octanol–water partition coefficient (Wildman–Crippen LogP) is 4.85. The highest BCUT2D eigenvalue weighted by Crippen LogP contribution is 2.52. The number of benzene rings is 1. The predicted molar refractivity (Wildman–Crippen MR) is 144 cm³/mol. The maximum Gasteiger partial charge on any atom is 0.255 e. The number of nitriles is 1. The van der Waals surface area contributed by atoms with Gasteiger partial charge in [0.1, 0.15) is 11.3 Å². The van der Waals surface area contributed by atoms with Crippen molar-refractivity contribution in [2.75, 3.05) is 25.5 Å². The normalized spacial score (nSPS) is 23.0. The summed E-state index contributed by atoms with van der Waals surface area (Å²) in [6.07, 6.45) is 10.4. The van der Waals surface area contributed by atoms with E-state index >= 15 is 0 Å². The Labute approximate surface area is 222 Å². The van der Waals surface area contributed by atoms with E-state index in [0.29, 0.717) is 46.2 Å². The number of aromatic nitrogens is 2. The van der Waals surface area contributed by atoms with Gasteiger partial charge in [0.25, 0.3) is 5.91 Å². The number of anilines is 1. The number of rotatable bonds is 5. The molecule has 3 aromatic rings. The summed E-state index contributed by atoms with van der Waals surface area (Å²) in [7, 11) is 3.61. The lowest BCUT2D eigenvalue weighted by molar-refractivity contribution is -0.137. The Morgan fingerprint density at radius 1 is 1.13 bits per heavy atom. The molecule has 2 aliphatic carbocycles.